The van der Waals surface area contributed by atoms with Crippen LogP contribution in [0.25, 0.3) is 0 Å². The average molecular weight is 255 g/mol. The highest BCUT2D eigenvalue weighted by atomic mass is 16.5. The Bertz CT molecular complexity index is 235. The van der Waals surface area contributed by atoms with Crippen LogP contribution >= 0.6 is 0 Å². The summed E-state index contributed by atoms with van der Waals surface area (Å²) in [7, 11) is 0. The summed E-state index contributed by atoms with van der Waals surface area (Å²) >= 11 is 0. The number of piperidine rings is 1. The van der Waals surface area contributed by atoms with E-state index in [2.05, 4.69) is 26.1 Å². The molecule has 0 spiro atoms. The van der Waals surface area contributed by atoms with Crippen LogP contribution in [0.2, 0.25) is 0 Å². The zero-order valence-corrected chi connectivity index (χ0v) is 12.2. The standard InChI is InChI=1S/C15H29NO2/c1-15(2,3)18-14-6-4-12(5-7-14)17-13-8-10-16-11-9-13/h12-14,16H,4-11H2,1-3H3/t12-,14-. The second-order valence-corrected chi connectivity index (χ2v) is 6.71. The van der Waals surface area contributed by atoms with E-state index in [-0.39, 0.29) is 5.60 Å². The number of rotatable bonds is 3. The molecule has 0 radical (unpaired) electrons. The Morgan fingerprint density at radius 3 is 1.83 bits per heavy atom. The molecule has 106 valence electrons. The molecule has 0 aromatic rings. The number of hydrogen-bond donors (Lipinski definition) is 1. The second-order valence-electron chi connectivity index (χ2n) is 6.71. The smallest absolute Gasteiger partial charge is 0.0603 e. The number of ether oxygens (including phenoxy) is 2. The molecule has 1 heterocycles. The van der Waals surface area contributed by atoms with Gasteiger partial charge in [-0.1, -0.05) is 0 Å². The van der Waals surface area contributed by atoms with Crippen molar-refractivity contribution in [2.75, 3.05) is 13.1 Å². The summed E-state index contributed by atoms with van der Waals surface area (Å²) in [5, 5.41) is 3.38. The van der Waals surface area contributed by atoms with Crippen molar-refractivity contribution < 1.29 is 9.47 Å². The SMILES string of the molecule is CC(C)(C)O[C@H]1CC[C@H](OC2CCNCC2)CC1. The molecular formula is C15H29NO2. The fraction of sp³-hybridized carbons (Fsp3) is 1.00. The lowest BCUT2D eigenvalue weighted by atomic mass is 9.94. The Labute approximate surface area is 112 Å². The summed E-state index contributed by atoms with van der Waals surface area (Å²) in [4.78, 5) is 0. The van der Waals surface area contributed by atoms with Gasteiger partial charge in [-0.2, -0.15) is 0 Å². The second kappa shape index (κ2) is 6.36. The van der Waals surface area contributed by atoms with Crippen molar-refractivity contribution in [2.45, 2.75) is 83.2 Å². The maximum Gasteiger partial charge on any atom is 0.0603 e. The van der Waals surface area contributed by atoms with Crippen molar-refractivity contribution in [2.24, 2.45) is 0 Å². The molecule has 1 saturated carbocycles. The third kappa shape index (κ3) is 4.87. The van der Waals surface area contributed by atoms with Gasteiger partial charge in [-0.05, 0) is 72.4 Å². The third-order valence-corrected chi connectivity index (χ3v) is 3.81. The number of nitrogens with one attached hydrogen (secondary N) is 1. The molecule has 0 atom stereocenters. The van der Waals surface area contributed by atoms with Crippen LogP contribution in [0.3, 0.4) is 0 Å². The first-order valence-electron chi connectivity index (χ1n) is 7.57. The first-order chi connectivity index (χ1) is 8.53. The van der Waals surface area contributed by atoms with Gasteiger partial charge >= 0.3 is 0 Å². The van der Waals surface area contributed by atoms with Crippen LogP contribution in [0.4, 0.5) is 0 Å². The van der Waals surface area contributed by atoms with Crippen LogP contribution < -0.4 is 5.32 Å². The summed E-state index contributed by atoms with van der Waals surface area (Å²) in [6, 6.07) is 0. The molecule has 1 saturated heterocycles. The minimum absolute atomic E-state index is 0.00655. The molecular weight excluding hydrogens is 226 g/mol. The van der Waals surface area contributed by atoms with E-state index < -0.39 is 0 Å². The lowest BCUT2D eigenvalue weighted by molar-refractivity contribution is -0.106. The van der Waals surface area contributed by atoms with E-state index in [4.69, 9.17) is 9.47 Å². The summed E-state index contributed by atoms with van der Waals surface area (Å²) in [6.45, 7) is 8.67. The van der Waals surface area contributed by atoms with Crippen LogP contribution in [-0.2, 0) is 9.47 Å². The van der Waals surface area contributed by atoms with Gasteiger partial charge in [0.2, 0.25) is 0 Å². The minimum atomic E-state index is -0.00655. The van der Waals surface area contributed by atoms with E-state index in [1.807, 2.05) is 0 Å². The Kier molecular flexibility index (Phi) is 5.05. The highest BCUT2D eigenvalue weighted by Crippen LogP contribution is 2.28. The summed E-state index contributed by atoms with van der Waals surface area (Å²) in [5.41, 5.74) is -0.00655. The highest BCUT2D eigenvalue weighted by molar-refractivity contribution is 4.78. The van der Waals surface area contributed by atoms with Crippen LogP contribution in [0, 0.1) is 0 Å². The summed E-state index contributed by atoms with van der Waals surface area (Å²) in [6.07, 6.45) is 8.44. The van der Waals surface area contributed by atoms with Gasteiger partial charge in [0, 0.05) is 0 Å². The zero-order chi connectivity index (χ0) is 13.0. The van der Waals surface area contributed by atoms with E-state index in [1.54, 1.807) is 0 Å². The van der Waals surface area contributed by atoms with Gasteiger partial charge in [0.15, 0.2) is 0 Å². The fourth-order valence-electron chi connectivity index (χ4n) is 2.99. The average Bonchev–Trinajstić information content (AvgIpc) is 2.31. The van der Waals surface area contributed by atoms with Crippen molar-refractivity contribution in [3.05, 3.63) is 0 Å². The van der Waals surface area contributed by atoms with E-state index in [0.29, 0.717) is 18.3 Å². The fourth-order valence-corrected chi connectivity index (χ4v) is 2.99. The summed E-state index contributed by atoms with van der Waals surface area (Å²) < 4.78 is 12.3. The zero-order valence-electron chi connectivity index (χ0n) is 12.2. The molecule has 2 rings (SSSR count). The molecule has 1 aliphatic carbocycles. The van der Waals surface area contributed by atoms with Gasteiger partial charge in [-0.15, -0.1) is 0 Å². The maximum absolute atomic E-state index is 6.22. The number of hydrogen-bond acceptors (Lipinski definition) is 3. The van der Waals surface area contributed by atoms with Crippen molar-refractivity contribution >= 4 is 0 Å². The van der Waals surface area contributed by atoms with E-state index in [1.165, 1.54) is 25.7 Å². The summed E-state index contributed by atoms with van der Waals surface area (Å²) in [5.74, 6) is 0. The molecule has 0 unspecified atom stereocenters. The molecule has 1 aliphatic heterocycles. The molecule has 3 heteroatoms. The van der Waals surface area contributed by atoms with E-state index in [9.17, 15) is 0 Å². The lowest BCUT2D eigenvalue weighted by Crippen LogP contribution is -2.37. The van der Waals surface area contributed by atoms with Gasteiger partial charge in [0.25, 0.3) is 0 Å². The van der Waals surface area contributed by atoms with Crippen molar-refractivity contribution in [1.29, 1.82) is 0 Å². The van der Waals surface area contributed by atoms with Gasteiger partial charge in [-0.3, -0.25) is 0 Å². The monoisotopic (exact) mass is 255 g/mol. The maximum atomic E-state index is 6.22. The first-order valence-corrected chi connectivity index (χ1v) is 7.57. The van der Waals surface area contributed by atoms with Crippen molar-refractivity contribution in [3.8, 4) is 0 Å². The van der Waals surface area contributed by atoms with Crippen LogP contribution in [-0.4, -0.2) is 37.0 Å². The molecule has 0 aromatic heterocycles. The van der Waals surface area contributed by atoms with Gasteiger partial charge in [0.1, 0.15) is 0 Å². The van der Waals surface area contributed by atoms with Crippen molar-refractivity contribution in [1.82, 2.24) is 5.32 Å². The Morgan fingerprint density at radius 1 is 0.778 bits per heavy atom. The molecule has 2 fully saturated rings. The largest absolute Gasteiger partial charge is 0.375 e. The normalized spacial score (nSPS) is 31.5. The van der Waals surface area contributed by atoms with Gasteiger partial charge < -0.3 is 14.8 Å². The van der Waals surface area contributed by atoms with Crippen LogP contribution in [0.1, 0.15) is 59.3 Å². The predicted octanol–water partition coefficient (Wildman–Crippen LogP) is 2.88. The first kappa shape index (κ1) is 14.3. The molecule has 0 aromatic carbocycles. The highest BCUT2D eigenvalue weighted by Gasteiger charge is 2.27. The molecule has 18 heavy (non-hydrogen) atoms. The Morgan fingerprint density at radius 2 is 1.28 bits per heavy atom. The minimum Gasteiger partial charge on any atom is -0.375 e. The van der Waals surface area contributed by atoms with Gasteiger partial charge in [-0.25, -0.2) is 0 Å². The molecule has 0 amide bonds. The van der Waals surface area contributed by atoms with Crippen molar-refractivity contribution in [3.63, 3.8) is 0 Å². The molecule has 0 bridgehead atoms. The van der Waals surface area contributed by atoms with Crippen LogP contribution in [0.5, 0.6) is 0 Å². The third-order valence-electron chi connectivity index (χ3n) is 3.81. The Balaban J connectivity index is 1.66. The van der Waals surface area contributed by atoms with E-state index in [0.717, 1.165) is 25.9 Å². The topological polar surface area (TPSA) is 30.5 Å². The quantitative estimate of drug-likeness (QED) is 0.841. The van der Waals surface area contributed by atoms with E-state index >= 15 is 0 Å². The van der Waals surface area contributed by atoms with Gasteiger partial charge in [0.05, 0.1) is 23.9 Å². The molecule has 3 nitrogen and oxygen atoms in total. The molecule has 1 N–H and O–H groups in total. The lowest BCUT2D eigenvalue weighted by Gasteiger charge is -2.35. The molecule has 2 aliphatic rings. The predicted molar refractivity (Wildman–Crippen MR) is 73.9 cm³/mol. The Hall–Kier alpha value is -0.120. The van der Waals surface area contributed by atoms with Crippen LogP contribution in [0.15, 0.2) is 0 Å².